The number of rotatable bonds is 8. The molecule has 2 aromatic carbocycles. The lowest BCUT2D eigenvalue weighted by Crippen LogP contribution is -2.58. The number of amides is 2. The molecule has 34 heavy (non-hydrogen) atoms. The second-order valence-electron chi connectivity index (χ2n) is 9.15. The van der Waals surface area contributed by atoms with Crippen molar-refractivity contribution in [1.29, 1.82) is 0 Å². The van der Waals surface area contributed by atoms with Gasteiger partial charge in [0.2, 0.25) is 5.91 Å². The molecule has 2 amide bonds. The maximum Gasteiger partial charge on any atom is 0.256 e. The van der Waals surface area contributed by atoms with Gasteiger partial charge in [0.15, 0.2) is 0 Å². The SMILES string of the molecule is COc1ccccc1CCNC(=O)C(C1CCCC1)N1CCN(C(=O)c2ccccc2F)CC1. The molecule has 0 bridgehead atoms. The normalized spacial score (nSPS) is 18.0. The van der Waals surface area contributed by atoms with Crippen molar-refractivity contribution in [3.05, 3.63) is 65.5 Å². The molecular formula is C27H34FN3O3. The van der Waals surface area contributed by atoms with Crippen LogP contribution in [0, 0.1) is 11.7 Å². The summed E-state index contributed by atoms with van der Waals surface area (Å²) in [5.74, 6) is 0.458. The number of carbonyl (C=O) groups excluding carboxylic acids is 2. The van der Waals surface area contributed by atoms with Gasteiger partial charge in [-0.05, 0) is 48.9 Å². The number of nitrogens with zero attached hydrogens (tertiary/aromatic N) is 2. The highest BCUT2D eigenvalue weighted by molar-refractivity contribution is 5.94. The molecule has 7 heteroatoms. The van der Waals surface area contributed by atoms with Crippen molar-refractivity contribution in [3.63, 3.8) is 0 Å². The third kappa shape index (κ3) is 5.58. The number of benzene rings is 2. The molecular weight excluding hydrogens is 433 g/mol. The Morgan fingerprint density at radius 2 is 1.71 bits per heavy atom. The van der Waals surface area contributed by atoms with Crippen LogP contribution in [0.15, 0.2) is 48.5 Å². The number of nitrogens with one attached hydrogen (secondary N) is 1. The van der Waals surface area contributed by atoms with Crippen molar-refractivity contribution >= 4 is 11.8 Å². The number of halogens is 1. The van der Waals surface area contributed by atoms with Crippen molar-refractivity contribution < 1.29 is 18.7 Å². The van der Waals surface area contributed by atoms with E-state index in [4.69, 9.17) is 4.74 Å². The van der Waals surface area contributed by atoms with Crippen LogP contribution in [-0.2, 0) is 11.2 Å². The fraction of sp³-hybridized carbons (Fsp3) is 0.481. The monoisotopic (exact) mass is 467 g/mol. The van der Waals surface area contributed by atoms with E-state index in [2.05, 4.69) is 10.2 Å². The molecule has 1 saturated carbocycles. The van der Waals surface area contributed by atoms with Crippen molar-refractivity contribution in [2.24, 2.45) is 5.92 Å². The number of piperazine rings is 1. The first kappa shape index (κ1) is 24.2. The minimum atomic E-state index is -0.492. The molecule has 1 atom stereocenters. The average molecular weight is 468 g/mol. The summed E-state index contributed by atoms with van der Waals surface area (Å²) in [5.41, 5.74) is 1.18. The predicted octanol–water partition coefficient (Wildman–Crippen LogP) is 3.51. The number of hydrogen-bond donors (Lipinski definition) is 1. The first-order chi connectivity index (χ1) is 16.6. The number of hydrogen-bond acceptors (Lipinski definition) is 4. The molecule has 1 saturated heterocycles. The van der Waals surface area contributed by atoms with Crippen molar-refractivity contribution in [3.8, 4) is 5.75 Å². The molecule has 2 aliphatic rings. The Balaban J connectivity index is 1.36. The van der Waals surface area contributed by atoms with Gasteiger partial charge in [0, 0.05) is 32.7 Å². The van der Waals surface area contributed by atoms with E-state index in [9.17, 15) is 14.0 Å². The zero-order valence-electron chi connectivity index (χ0n) is 19.8. The first-order valence-corrected chi connectivity index (χ1v) is 12.3. The summed E-state index contributed by atoms with van der Waals surface area (Å²) >= 11 is 0. The zero-order valence-corrected chi connectivity index (χ0v) is 19.8. The minimum absolute atomic E-state index is 0.0654. The summed E-state index contributed by atoms with van der Waals surface area (Å²) in [4.78, 5) is 30.1. The summed E-state index contributed by atoms with van der Waals surface area (Å²) in [6.07, 6.45) is 5.12. The molecule has 0 aromatic heterocycles. The number of para-hydroxylation sites is 1. The van der Waals surface area contributed by atoms with Crippen LogP contribution in [0.2, 0.25) is 0 Å². The average Bonchev–Trinajstić information content (AvgIpc) is 3.39. The summed E-state index contributed by atoms with van der Waals surface area (Å²) in [6.45, 7) is 2.76. The van der Waals surface area contributed by atoms with Crippen molar-refractivity contribution in [2.45, 2.75) is 38.1 Å². The Morgan fingerprint density at radius 1 is 1.03 bits per heavy atom. The number of methoxy groups -OCH3 is 1. The van der Waals surface area contributed by atoms with Crippen LogP contribution >= 0.6 is 0 Å². The highest BCUT2D eigenvalue weighted by atomic mass is 19.1. The van der Waals surface area contributed by atoms with Crippen LogP contribution in [-0.4, -0.2) is 67.5 Å². The topological polar surface area (TPSA) is 61.9 Å². The van der Waals surface area contributed by atoms with E-state index in [0.29, 0.717) is 45.1 Å². The Bertz CT molecular complexity index is 985. The lowest BCUT2D eigenvalue weighted by molar-refractivity contribution is -0.129. The van der Waals surface area contributed by atoms with Crippen LogP contribution < -0.4 is 10.1 Å². The van der Waals surface area contributed by atoms with Crippen LogP contribution in [0.4, 0.5) is 4.39 Å². The first-order valence-electron chi connectivity index (χ1n) is 12.3. The van der Waals surface area contributed by atoms with Gasteiger partial charge in [-0.15, -0.1) is 0 Å². The van der Waals surface area contributed by atoms with E-state index in [-0.39, 0.29) is 23.4 Å². The van der Waals surface area contributed by atoms with Gasteiger partial charge in [-0.25, -0.2) is 4.39 Å². The van der Waals surface area contributed by atoms with E-state index in [0.717, 1.165) is 37.0 Å². The van der Waals surface area contributed by atoms with Crippen molar-refractivity contribution in [1.82, 2.24) is 15.1 Å². The molecule has 1 aliphatic carbocycles. The van der Waals surface area contributed by atoms with E-state index in [1.165, 1.54) is 12.1 Å². The maximum absolute atomic E-state index is 14.1. The minimum Gasteiger partial charge on any atom is -0.496 e. The number of ether oxygens (including phenoxy) is 1. The van der Waals surface area contributed by atoms with Crippen LogP contribution in [0.3, 0.4) is 0 Å². The second-order valence-corrected chi connectivity index (χ2v) is 9.15. The standard InChI is InChI=1S/C27H34FN3O3/c1-34-24-13-7-4-8-20(24)14-15-29-26(32)25(21-9-2-3-10-21)30-16-18-31(19-17-30)27(33)22-11-5-6-12-23(22)28/h4-8,11-13,21,25H,2-3,9-10,14-19H2,1H3,(H,29,32). The molecule has 0 radical (unpaired) electrons. The van der Waals surface area contributed by atoms with Gasteiger partial charge in [0.05, 0.1) is 18.7 Å². The summed E-state index contributed by atoms with van der Waals surface area (Å²) in [7, 11) is 1.66. The van der Waals surface area contributed by atoms with E-state index >= 15 is 0 Å². The third-order valence-corrected chi connectivity index (χ3v) is 7.10. The fourth-order valence-corrected chi connectivity index (χ4v) is 5.29. The van der Waals surface area contributed by atoms with E-state index < -0.39 is 5.82 Å². The largest absolute Gasteiger partial charge is 0.496 e. The number of carbonyl (C=O) groups is 2. The van der Waals surface area contributed by atoms with E-state index in [1.54, 1.807) is 24.1 Å². The summed E-state index contributed by atoms with van der Waals surface area (Å²) in [6, 6.07) is 13.8. The lowest BCUT2D eigenvalue weighted by atomic mass is 9.94. The molecule has 0 spiro atoms. The van der Waals surface area contributed by atoms with E-state index in [1.807, 2.05) is 24.3 Å². The Kier molecular flexibility index (Phi) is 8.16. The highest BCUT2D eigenvalue weighted by Crippen LogP contribution is 2.31. The van der Waals surface area contributed by atoms with Gasteiger partial charge in [0.25, 0.3) is 5.91 Å². The molecule has 2 fully saturated rings. The summed E-state index contributed by atoms with van der Waals surface area (Å²) in [5, 5.41) is 3.16. The van der Waals surface area contributed by atoms with Crippen molar-refractivity contribution in [2.75, 3.05) is 39.8 Å². The molecule has 1 heterocycles. The second kappa shape index (κ2) is 11.5. The van der Waals surface area contributed by atoms with Crippen LogP contribution in [0.25, 0.3) is 0 Å². The van der Waals surface area contributed by atoms with Crippen LogP contribution in [0.5, 0.6) is 5.75 Å². The van der Waals surface area contributed by atoms with Crippen LogP contribution in [0.1, 0.15) is 41.6 Å². The Hall–Kier alpha value is -2.93. The van der Waals surface area contributed by atoms with Gasteiger partial charge in [0.1, 0.15) is 11.6 Å². The molecule has 1 N–H and O–H groups in total. The molecule has 4 rings (SSSR count). The zero-order chi connectivity index (χ0) is 23.9. The molecule has 1 unspecified atom stereocenters. The fourth-order valence-electron chi connectivity index (χ4n) is 5.29. The lowest BCUT2D eigenvalue weighted by Gasteiger charge is -2.40. The molecule has 1 aliphatic heterocycles. The van der Waals surface area contributed by atoms with Gasteiger partial charge in [-0.1, -0.05) is 43.2 Å². The quantitative estimate of drug-likeness (QED) is 0.646. The third-order valence-electron chi connectivity index (χ3n) is 7.10. The van der Waals surface area contributed by atoms with Gasteiger partial charge < -0.3 is 15.0 Å². The Labute approximate surface area is 201 Å². The van der Waals surface area contributed by atoms with Gasteiger partial charge in [-0.2, -0.15) is 0 Å². The molecule has 6 nitrogen and oxygen atoms in total. The predicted molar refractivity (Wildman–Crippen MR) is 129 cm³/mol. The maximum atomic E-state index is 14.1. The van der Waals surface area contributed by atoms with Gasteiger partial charge >= 0.3 is 0 Å². The molecule has 182 valence electrons. The summed E-state index contributed by atoms with van der Waals surface area (Å²) < 4.78 is 19.5. The highest BCUT2D eigenvalue weighted by Gasteiger charge is 2.37. The smallest absolute Gasteiger partial charge is 0.256 e. The Morgan fingerprint density at radius 3 is 2.41 bits per heavy atom. The van der Waals surface area contributed by atoms with Gasteiger partial charge in [-0.3, -0.25) is 14.5 Å². The molecule has 2 aromatic rings.